The minimum absolute atomic E-state index is 0. The third kappa shape index (κ3) is 6.63. The number of rotatable bonds is 5. The molecule has 0 aromatic carbocycles. The first-order valence-electron chi connectivity index (χ1n) is 7.95. The molecule has 1 fully saturated rings. The van der Waals surface area contributed by atoms with Gasteiger partial charge in [0.2, 0.25) is 5.91 Å². The van der Waals surface area contributed by atoms with E-state index in [9.17, 15) is 4.79 Å². The van der Waals surface area contributed by atoms with Crippen molar-refractivity contribution in [3.8, 4) is 0 Å². The lowest BCUT2D eigenvalue weighted by molar-refractivity contribution is -0.123. The van der Waals surface area contributed by atoms with Crippen LogP contribution in [-0.2, 0) is 11.3 Å². The van der Waals surface area contributed by atoms with E-state index in [-0.39, 0.29) is 35.9 Å². The summed E-state index contributed by atoms with van der Waals surface area (Å²) in [6.07, 6.45) is 1.56. The van der Waals surface area contributed by atoms with Gasteiger partial charge in [0, 0.05) is 45.3 Å². The third-order valence-electron chi connectivity index (χ3n) is 3.62. The van der Waals surface area contributed by atoms with Gasteiger partial charge in [-0.05, 0) is 13.8 Å². The number of aliphatic imine (C=N–C) groups is 1. The molecule has 1 amide bonds. The highest BCUT2D eigenvalue weighted by molar-refractivity contribution is 14.0. The van der Waals surface area contributed by atoms with Gasteiger partial charge in [0.25, 0.3) is 0 Å². The van der Waals surface area contributed by atoms with Crippen molar-refractivity contribution in [1.82, 2.24) is 25.6 Å². The third-order valence-corrected chi connectivity index (χ3v) is 3.62. The lowest BCUT2D eigenvalue weighted by atomic mass is 10.3. The van der Waals surface area contributed by atoms with Crippen LogP contribution in [0.4, 0.5) is 0 Å². The number of nitrogens with zero attached hydrogens (tertiary/aromatic N) is 4. The Morgan fingerprint density at radius 3 is 2.62 bits per heavy atom. The molecule has 24 heavy (non-hydrogen) atoms. The van der Waals surface area contributed by atoms with Gasteiger partial charge in [-0.3, -0.25) is 14.7 Å². The van der Waals surface area contributed by atoms with Crippen molar-refractivity contribution in [2.24, 2.45) is 4.99 Å². The second-order valence-corrected chi connectivity index (χ2v) is 5.88. The largest absolute Gasteiger partial charge is 0.364 e. The predicted molar refractivity (Wildman–Crippen MR) is 103 cm³/mol. The molecule has 0 unspecified atom stereocenters. The fraction of sp³-hybridized carbons (Fsp3) is 0.667. The van der Waals surface area contributed by atoms with Gasteiger partial charge in [-0.1, -0.05) is 5.16 Å². The van der Waals surface area contributed by atoms with Gasteiger partial charge in [-0.25, -0.2) is 0 Å². The number of hydrogen-bond donors (Lipinski definition) is 2. The molecule has 136 valence electrons. The molecule has 0 bridgehead atoms. The van der Waals surface area contributed by atoms with E-state index in [4.69, 9.17) is 4.52 Å². The Hall–Kier alpha value is -1.36. The van der Waals surface area contributed by atoms with E-state index < -0.39 is 0 Å². The van der Waals surface area contributed by atoms with Gasteiger partial charge < -0.3 is 20.1 Å². The average molecular weight is 450 g/mol. The van der Waals surface area contributed by atoms with E-state index in [1.165, 1.54) is 0 Å². The molecule has 2 N–H and O–H groups in total. The summed E-state index contributed by atoms with van der Waals surface area (Å²) in [6.45, 7) is 8.35. The van der Waals surface area contributed by atoms with Crippen molar-refractivity contribution < 1.29 is 9.32 Å². The van der Waals surface area contributed by atoms with E-state index in [2.05, 4.69) is 30.6 Å². The summed E-state index contributed by atoms with van der Waals surface area (Å²) in [5.41, 5.74) is 0.843. The van der Waals surface area contributed by atoms with Crippen molar-refractivity contribution in [2.45, 2.75) is 26.4 Å². The number of aromatic nitrogens is 1. The number of hydrogen-bond acceptors (Lipinski definition) is 5. The van der Waals surface area contributed by atoms with Crippen LogP contribution >= 0.6 is 24.0 Å². The van der Waals surface area contributed by atoms with E-state index in [1.54, 1.807) is 13.3 Å². The maximum atomic E-state index is 11.8. The van der Waals surface area contributed by atoms with Crippen LogP contribution in [0.2, 0.25) is 0 Å². The molecule has 1 aliphatic rings. The maximum absolute atomic E-state index is 11.8. The van der Waals surface area contributed by atoms with Crippen LogP contribution in [0, 0.1) is 0 Å². The molecule has 0 atom stereocenters. The first-order valence-corrected chi connectivity index (χ1v) is 7.95. The Kier molecular flexibility index (Phi) is 9.04. The Morgan fingerprint density at radius 1 is 1.38 bits per heavy atom. The fourth-order valence-corrected chi connectivity index (χ4v) is 2.52. The summed E-state index contributed by atoms with van der Waals surface area (Å²) in [7, 11) is 1.77. The van der Waals surface area contributed by atoms with E-state index in [0.29, 0.717) is 13.1 Å². The monoisotopic (exact) mass is 450 g/mol. The van der Waals surface area contributed by atoms with Crippen molar-refractivity contribution in [3.63, 3.8) is 0 Å². The molecule has 0 saturated carbocycles. The highest BCUT2D eigenvalue weighted by atomic mass is 127. The van der Waals surface area contributed by atoms with Crippen LogP contribution in [0.1, 0.15) is 19.5 Å². The number of piperazine rings is 1. The molecule has 1 saturated heterocycles. The molecule has 8 nitrogen and oxygen atoms in total. The molecular formula is C15H27IN6O2. The molecule has 2 rings (SSSR count). The second kappa shape index (κ2) is 10.5. The van der Waals surface area contributed by atoms with Crippen molar-refractivity contribution in [2.75, 3.05) is 39.8 Å². The number of carbonyl (C=O) groups excluding carboxylic acids is 1. The zero-order chi connectivity index (χ0) is 16.7. The van der Waals surface area contributed by atoms with E-state index >= 15 is 0 Å². The number of carbonyl (C=O) groups is 1. The minimum atomic E-state index is 0. The van der Waals surface area contributed by atoms with E-state index in [0.717, 1.165) is 37.8 Å². The number of guanidine groups is 1. The summed E-state index contributed by atoms with van der Waals surface area (Å²) < 4.78 is 4.82. The first-order chi connectivity index (χ1) is 11.1. The molecule has 0 spiro atoms. The zero-order valence-electron chi connectivity index (χ0n) is 14.5. The van der Waals surface area contributed by atoms with Crippen LogP contribution in [0.25, 0.3) is 0 Å². The molecule has 0 radical (unpaired) electrons. The van der Waals surface area contributed by atoms with Gasteiger partial charge >= 0.3 is 0 Å². The van der Waals surface area contributed by atoms with Crippen LogP contribution < -0.4 is 10.6 Å². The lowest BCUT2D eigenvalue weighted by Gasteiger charge is -2.36. The fourth-order valence-electron chi connectivity index (χ4n) is 2.52. The number of amides is 1. The van der Waals surface area contributed by atoms with Crippen LogP contribution in [0.3, 0.4) is 0 Å². The SMILES string of the molecule is CN=C(NCc1ccon1)N1CCN(CC(=O)NC(C)C)CC1.I. The van der Waals surface area contributed by atoms with Gasteiger partial charge in [0.05, 0.1) is 13.1 Å². The van der Waals surface area contributed by atoms with Gasteiger partial charge in [-0.15, -0.1) is 24.0 Å². The lowest BCUT2D eigenvalue weighted by Crippen LogP contribution is -2.54. The molecule has 2 heterocycles. The molecule has 1 aromatic heterocycles. The smallest absolute Gasteiger partial charge is 0.234 e. The van der Waals surface area contributed by atoms with Gasteiger partial charge in [-0.2, -0.15) is 0 Å². The topological polar surface area (TPSA) is 86.0 Å². The number of halogens is 1. The molecule has 9 heteroatoms. The summed E-state index contributed by atoms with van der Waals surface area (Å²) in [6, 6.07) is 2.01. The quantitative estimate of drug-likeness (QED) is 0.387. The van der Waals surface area contributed by atoms with Crippen LogP contribution in [-0.4, -0.2) is 72.6 Å². The molecule has 0 aliphatic carbocycles. The predicted octanol–water partition coefficient (Wildman–Crippen LogP) is 0.510. The average Bonchev–Trinajstić information content (AvgIpc) is 3.02. The highest BCUT2D eigenvalue weighted by Gasteiger charge is 2.21. The zero-order valence-corrected chi connectivity index (χ0v) is 16.8. The van der Waals surface area contributed by atoms with Gasteiger partial charge in [0.1, 0.15) is 12.0 Å². The van der Waals surface area contributed by atoms with Crippen molar-refractivity contribution >= 4 is 35.8 Å². The normalized spacial score (nSPS) is 16.0. The maximum Gasteiger partial charge on any atom is 0.234 e. The highest BCUT2D eigenvalue weighted by Crippen LogP contribution is 2.03. The summed E-state index contributed by atoms with van der Waals surface area (Å²) >= 11 is 0. The van der Waals surface area contributed by atoms with Crippen LogP contribution in [0.15, 0.2) is 21.8 Å². The summed E-state index contributed by atoms with van der Waals surface area (Å²) in [4.78, 5) is 20.5. The number of nitrogens with one attached hydrogen (secondary N) is 2. The summed E-state index contributed by atoms with van der Waals surface area (Å²) in [5, 5.41) is 10.1. The molecule has 1 aromatic rings. The molecule has 1 aliphatic heterocycles. The van der Waals surface area contributed by atoms with E-state index in [1.807, 2.05) is 19.9 Å². The Balaban J connectivity index is 0.00000288. The van der Waals surface area contributed by atoms with Crippen LogP contribution in [0.5, 0.6) is 0 Å². The second-order valence-electron chi connectivity index (χ2n) is 5.88. The minimum Gasteiger partial charge on any atom is -0.364 e. The summed E-state index contributed by atoms with van der Waals surface area (Å²) in [5.74, 6) is 0.932. The Labute approximate surface area is 160 Å². The first kappa shape index (κ1) is 20.7. The van der Waals surface area contributed by atoms with Crippen molar-refractivity contribution in [3.05, 3.63) is 18.0 Å². The Morgan fingerprint density at radius 2 is 2.08 bits per heavy atom. The Bertz CT molecular complexity index is 512. The van der Waals surface area contributed by atoms with Crippen molar-refractivity contribution in [1.29, 1.82) is 0 Å². The van der Waals surface area contributed by atoms with Gasteiger partial charge in [0.15, 0.2) is 5.96 Å². The molecular weight excluding hydrogens is 423 g/mol. The standard InChI is InChI=1S/C15H26N6O2.HI/c1-12(2)18-14(22)11-20-5-7-21(8-6-20)15(16-3)17-10-13-4-9-23-19-13;/h4,9,12H,5-8,10-11H2,1-3H3,(H,16,17)(H,18,22);1H.